The maximum absolute atomic E-state index is 13.9. The predicted molar refractivity (Wildman–Crippen MR) is 166 cm³/mol. The molecule has 4 aromatic carbocycles. The van der Waals surface area contributed by atoms with Gasteiger partial charge in [-0.15, -0.1) is 0 Å². The fraction of sp³-hybridized carbons (Fsp3) is 0.265. The molecule has 232 valence electrons. The SMILES string of the molecule is CCc1cccc(CNC[C@@H](O)[C@H](Cc2cc(F)cc(F)c2)NC(=O)c2ccc(S(=O)(=O)N(C)Cc3ccccc3)cc2)c1. The van der Waals surface area contributed by atoms with E-state index < -0.39 is 39.7 Å². The smallest absolute Gasteiger partial charge is 0.251 e. The molecule has 4 aromatic rings. The van der Waals surface area contributed by atoms with E-state index >= 15 is 0 Å². The Labute approximate surface area is 257 Å². The number of halogens is 2. The van der Waals surface area contributed by atoms with Gasteiger partial charge in [-0.2, -0.15) is 4.31 Å². The van der Waals surface area contributed by atoms with E-state index in [-0.39, 0.29) is 35.5 Å². The van der Waals surface area contributed by atoms with Crippen molar-refractivity contribution in [2.24, 2.45) is 0 Å². The van der Waals surface area contributed by atoms with Crippen molar-refractivity contribution >= 4 is 15.9 Å². The summed E-state index contributed by atoms with van der Waals surface area (Å²) in [5.74, 6) is -2.09. The van der Waals surface area contributed by atoms with Crippen LogP contribution in [0.3, 0.4) is 0 Å². The van der Waals surface area contributed by atoms with Gasteiger partial charge in [-0.05, 0) is 71.5 Å². The number of nitrogens with one attached hydrogen (secondary N) is 2. The van der Waals surface area contributed by atoms with E-state index in [0.29, 0.717) is 6.54 Å². The molecule has 0 aliphatic rings. The quantitative estimate of drug-likeness (QED) is 0.187. The van der Waals surface area contributed by atoms with E-state index in [1.165, 1.54) is 41.2 Å². The first-order valence-corrected chi connectivity index (χ1v) is 15.8. The minimum Gasteiger partial charge on any atom is -0.390 e. The lowest BCUT2D eigenvalue weighted by Crippen LogP contribution is -2.48. The van der Waals surface area contributed by atoms with E-state index in [2.05, 4.69) is 23.6 Å². The third kappa shape index (κ3) is 9.03. The van der Waals surface area contributed by atoms with Crippen LogP contribution in [0.4, 0.5) is 8.78 Å². The fourth-order valence-corrected chi connectivity index (χ4v) is 6.03. The lowest BCUT2D eigenvalue weighted by molar-refractivity contribution is 0.0829. The van der Waals surface area contributed by atoms with Crippen LogP contribution in [0.1, 0.15) is 39.5 Å². The molecule has 0 saturated heterocycles. The molecular weight excluding hydrogens is 584 g/mol. The summed E-state index contributed by atoms with van der Waals surface area (Å²) in [6, 6.07) is 24.9. The summed E-state index contributed by atoms with van der Waals surface area (Å²) in [6.45, 7) is 2.83. The molecule has 7 nitrogen and oxygen atoms in total. The molecule has 3 N–H and O–H groups in total. The molecule has 0 aliphatic heterocycles. The molecular formula is C34H37F2N3O4S. The summed E-state index contributed by atoms with van der Waals surface area (Å²) in [6.07, 6.45) is -0.247. The second-order valence-corrected chi connectivity index (χ2v) is 12.7. The summed E-state index contributed by atoms with van der Waals surface area (Å²) in [5, 5.41) is 17.0. The summed E-state index contributed by atoms with van der Waals surface area (Å²) in [5.41, 5.74) is 3.49. The van der Waals surface area contributed by atoms with Gasteiger partial charge in [0.05, 0.1) is 17.0 Å². The summed E-state index contributed by atoms with van der Waals surface area (Å²) >= 11 is 0. The molecule has 0 heterocycles. The Bertz CT molecular complexity index is 1630. The summed E-state index contributed by atoms with van der Waals surface area (Å²) in [7, 11) is -2.34. The summed E-state index contributed by atoms with van der Waals surface area (Å²) in [4.78, 5) is 13.3. The number of nitrogens with zero attached hydrogens (tertiary/aromatic N) is 1. The minimum absolute atomic E-state index is 0.0237. The van der Waals surface area contributed by atoms with Crippen LogP contribution in [0.2, 0.25) is 0 Å². The molecule has 0 fully saturated rings. The number of carbonyl (C=O) groups is 1. The normalized spacial score (nSPS) is 13.0. The molecule has 0 spiro atoms. The van der Waals surface area contributed by atoms with E-state index in [9.17, 15) is 27.1 Å². The molecule has 0 saturated carbocycles. The van der Waals surface area contributed by atoms with E-state index in [1.807, 2.05) is 48.5 Å². The Morgan fingerprint density at radius 3 is 2.14 bits per heavy atom. The highest BCUT2D eigenvalue weighted by molar-refractivity contribution is 7.89. The second-order valence-electron chi connectivity index (χ2n) is 10.7. The first-order chi connectivity index (χ1) is 21.0. The van der Waals surface area contributed by atoms with Crippen molar-refractivity contribution in [2.75, 3.05) is 13.6 Å². The maximum Gasteiger partial charge on any atom is 0.251 e. The van der Waals surface area contributed by atoms with Crippen LogP contribution in [-0.4, -0.2) is 49.5 Å². The van der Waals surface area contributed by atoms with Crippen molar-refractivity contribution in [1.82, 2.24) is 14.9 Å². The largest absolute Gasteiger partial charge is 0.390 e. The van der Waals surface area contributed by atoms with Crippen LogP contribution < -0.4 is 10.6 Å². The average Bonchev–Trinajstić information content (AvgIpc) is 3.00. The van der Waals surface area contributed by atoms with Gasteiger partial charge in [0.15, 0.2) is 0 Å². The van der Waals surface area contributed by atoms with Crippen LogP contribution in [-0.2, 0) is 36.0 Å². The number of carbonyl (C=O) groups excluding carboxylic acids is 1. The summed E-state index contributed by atoms with van der Waals surface area (Å²) < 4.78 is 55.3. The highest BCUT2D eigenvalue weighted by Gasteiger charge is 2.25. The monoisotopic (exact) mass is 621 g/mol. The molecule has 0 radical (unpaired) electrons. The van der Waals surface area contributed by atoms with Gasteiger partial charge < -0.3 is 15.7 Å². The van der Waals surface area contributed by atoms with Crippen molar-refractivity contribution in [3.8, 4) is 0 Å². The van der Waals surface area contributed by atoms with Crippen LogP contribution >= 0.6 is 0 Å². The molecule has 44 heavy (non-hydrogen) atoms. The Hall–Kier alpha value is -3.96. The zero-order chi connectivity index (χ0) is 31.7. The Morgan fingerprint density at radius 2 is 1.48 bits per heavy atom. The van der Waals surface area contributed by atoms with Crippen molar-refractivity contribution in [1.29, 1.82) is 0 Å². The van der Waals surface area contributed by atoms with Gasteiger partial charge in [-0.25, -0.2) is 17.2 Å². The standard InChI is InChI=1S/C34H37F2N3O4S/c1-3-24-10-7-11-26(16-24)21-37-22-33(40)32(19-27-17-29(35)20-30(36)18-27)38-34(41)28-12-14-31(15-13-28)44(42,43)39(2)23-25-8-5-4-6-9-25/h4-18,20,32-33,37,40H,3,19,21-23H2,1-2H3,(H,38,41)/t32-,33+/m0/s1. The zero-order valence-electron chi connectivity index (χ0n) is 24.7. The number of sulfonamides is 1. The molecule has 0 bridgehead atoms. The van der Waals surface area contributed by atoms with Gasteiger partial charge in [-0.1, -0.05) is 61.5 Å². The number of hydrogen-bond donors (Lipinski definition) is 3. The fourth-order valence-electron chi connectivity index (χ4n) is 4.87. The molecule has 10 heteroatoms. The molecule has 4 rings (SSSR count). The zero-order valence-corrected chi connectivity index (χ0v) is 25.5. The predicted octanol–water partition coefficient (Wildman–Crippen LogP) is 4.84. The van der Waals surface area contributed by atoms with Crippen LogP contribution in [0.25, 0.3) is 0 Å². The highest BCUT2D eigenvalue weighted by Crippen LogP contribution is 2.18. The first-order valence-electron chi connectivity index (χ1n) is 14.4. The third-order valence-electron chi connectivity index (χ3n) is 7.31. The Morgan fingerprint density at radius 1 is 0.841 bits per heavy atom. The highest BCUT2D eigenvalue weighted by atomic mass is 32.2. The number of aliphatic hydroxyl groups is 1. The topological polar surface area (TPSA) is 98.7 Å². The van der Waals surface area contributed by atoms with Crippen LogP contribution in [0.15, 0.2) is 102 Å². The lowest BCUT2D eigenvalue weighted by atomic mass is 10.00. The van der Waals surface area contributed by atoms with Crippen molar-refractivity contribution in [3.05, 3.63) is 137 Å². The van der Waals surface area contributed by atoms with Gasteiger partial charge in [0, 0.05) is 38.3 Å². The third-order valence-corrected chi connectivity index (χ3v) is 9.13. The minimum atomic E-state index is -3.82. The van der Waals surface area contributed by atoms with E-state index in [0.717, 1.165) is 35.7 Å². The van der Waals surface area contributed by atoms with Gasteiger partial charge >= 0.3 is 0 Å². The van der Waals surface area contributed by atoms with Crippen molar-refractivity contribution < 1.29 is 27.1 Å². The molecule has 0 unspecified atom stereocenters. The van der Waals surface area contributed by atoms with Crippen molar-refractivity contribution in [3.63, 3.8) is 0 Å². The molecule has 0 aliphatic carbocycles. The number of benzene rings is 4. The first kappa shape index (κ1) is 32.9. The van der Waals surface area contributed by atoms with Crippen molar-refractivity contribution in [2.45, 2.75) is 49.9 Å². The van der Waals surface area contributed by atoms with Crippen LogP contribution in [0.5, 0.6) is 0 Å². The number of hydrogen-bond acceptors (Lipinski definition) is 5. The van der Waals surface area contributed by atoms with Gasteiger partial charge in [-0.3, -0.25) is 4.79 Å². The van der Waals surface area contributed by atoms with E-state index in [4.69, 9.17) is 0 Å². The molecule has 1 amide bonds. The van der Waals surface area contributed by atoms with E-state index in [1.54, 1.807) is 0 Å². The molecule has 0 aromatic heterocycles. The maximum atomic E-state index is 13.9. The average molecular weight is 622 g/mol. The second kappa shape index (κ2) is 15.2. The number of rotatable bonds is 14. The van der Waals surface area contributed by atoms with Gasteiger partial charge in [0.1, 0.15) is 11.6 Å². The number of aliphatic hydroxyl groups excluding tert-OH is 1. The van der Waals surface area contributed by atoms with Crippen LogP contribution in [0, 0.1) is 11.6 Å². The van der Waals surface area contributed by atoms with Gasteiger partial charge in [0.25, 0.3) is 5.91 Å². The van der Waals surface area contributed by atoms with Gasteiger partial charge in [0.2, 0.25) is 10.0 Å². The number of aryl methyl sites for hydroxylation is 1. The number of amides is 1. The Balaban J connectivity index is 1.45. The molecule has 2 atom stereocenters. The Kier molecular flexibility index (Phi) is 11.4. The lowest BCUT2D eigenvalue weighted by Gasteiger charge is -2.25.